The molecule has 0 spiro atoms. The van der Waals surface area contributed by atoms with Gasteiger partial charge in [0.05, 0.1) is 20.3 Å². The van der Waals surface area contributed by atoms with E-state index in [4.69, 9.17) is 14.2 Å². The van der Waals surface area contributed by atoms with E-state index in [0.29, 0.717) is 25.7 Å². The maximum absolute atomic E-state index is 11.7. The Hall–Kier alpha value is -1.59. The lowest BCUT2D eigenvalue weighted by Gasteiger charge is -2.16. The van der Waals surface area contributed by atoms with Crippen LogP contribution in [0.15, 0.2) is 24.3 Å². The second kappa shape index (κ2) is 8.00. The first-order valence-corrected chi connectivity index (χ1v) is 7.27. The zero-order valence-corrected chi connectivity index (χ0v) is 12.6. The third-order valence-corrected chi connectivity index (χ3v) is 3.38. The summed E-state index contributed by atoms with van der Waals surface area (Å²) in [5, 5.41) is 3.29. The molecule has 0 aromatic heterocycles. The van der Waals surface area contributed by atoms with Crippen molar-refractivity contribution in [3.63, 3.8) is 0 Å². The molecule has 5 nitrogen and oxygen atoms in total. The van der Waals surface area contributed by atoms with Crippen molar-refractivity contribution < 1.29 is 19.0 Å². The fourth-order valence-electron chi connectivity index (χ4n) is 2.13. The van der Waals surface area contributed by atoms with Gasteiger partial charge in [-0.15, -0.1) is 0 Å². The summed E-state index contributed by atoms with van der Waals surface area (Å²) < 4.78 is 15.6. The molecule has 0 aliphatic heterocycles. The Bertz CT molecular complexity index is 459. The van der Waals surface area contributed by atoms with Gasteiger partial charge in [0.15, 0.2) is 0 Å². The standard InChI is InChI=1S/C16H23NO4/c1-19-11-12-4-3-5-14(10-12)21-9-8-15(16(18)20-2)17-13-6-7-13/h3-5,10,13,15,17H,6-9,11H2,1-2H3. The number of nitrogens with one attached hydrogen (secondary N) is 1. The summed E-state index contributed by atoms with van der Waals surface area (Å²) in [7, 11) is 3.08. The van der Waals surface area contributed by atoms with Crippen molar-refractivity contribution in [3.8, 4) is 5.75 Å². The summed E-state index contributed by atoms with van der Waals surface area (Å²) in [5.74, 6) is 0.568. The highest BCUT2D eigenvalue weighted by molar-refractivity contribution is 5.75. The Labute approximate surface area is 125 Å². The Morgan fingerprint density at radius 3 is 2.86 bits per heavy atom. The van der Waals surface area contributed by atoms with E-state index >= 15 is 0 Å². The fraction of sp³-hybridized carbons (Fsp3) is 0.562. The summed E-state index contributed by atoms with van der Waals surface area (Å²) in [6, 6.07) is 7.95. The van der Waals surface area contributed by atoms with E-state index in [2.05, 4.69) is 5.32 Å². The van der Waals surface area contributed by atoms with Crippen molar-refractivity contribution >= 4 is 5.97 Å². The maximum Gasteiger partial charge on any atom is 0.322 e. The average molecular weight is 293 g/mol. The van der Waals surface area contributed by atoms with Crippen LogP contribution < -0.4 is 10.1 Å². The second-order valence-corrected chi connectivity index (χ2v) is 5.23. The molecule has 21 heavy (non-hydrogen) atoms. The van der Waals surface area contributed by atoms with Gasteiger partial charge in [-0.2, -0.15) is 0 Å². The molecule has 1 fully saturated rings. The van der Waals surface area contributed by atoms with Crippen molar-refractivity contribution in [2.75, 3.05) is 20.8 Å². The molecule has 0 saturated heterocycles. The van der Waals surface area contributed by atoms with Crippen LogP contribution in [0.5, 0.6) is 5.75 Å². The van der Waals surface area contributed by atoms with Gasteiger partial charge in [0.25, 0.3) is 0 Å². The predicted octanol–water partition coefficient (Wildman–Crippen LogP) is 1.90. The summed E-state index contributed by atoms with van der Waals surface area (Å²) in [5.41, 5.74) is 1.07. The lowest BCUT2D eigenvalue weighted by Crippen LogP contribution is -2.40. The van der Waals surface area contributed by atoms with Gasteiger partial charge >= 0.3 is 5.97 Å². The molecule has 0 amide bonds. The quantitative estimate of drug-likeness (QED) is 0.705. The molecule has 1 aromatic carbocycles. The number of rotatable bonds is 9. The Balaban J connectivity index is 1.80. The van der Waals surface area contributed by atoms with Crippen LogP contribution in [0.3, 0.4) is 0 Å². The van der Waals surface area contributed by atoms with Gasteiger partial charge in [-0.05, 0) is 30.5 Å². The molecule has 0 bridgehead atoms. The van der Waals surface area contributed by atoms with Crippen LogP contribution in [-0.2, 0) is 20.9 Å². The number of esters is 1. The maximum atomic E-state index is 11.7. The molecule has 1 saturated carbocycles. The molecule has 0 heterocycles. The lowest BCUT2D eigenvalue weighted by molar-refractivity contribution is -0.143. The van der Waals surface area contributed by atoms with Crippen molar-refractivity contribution in [1.82, 2.24) is 5.32 Å². The highest BCUT2D eigenvalue weighted by Gasteiger charge is 2.28. The molecular weight excluding hydrogens is 270 g/mol. The van der Waals surface area contributed by atoms with Gasteiger partial charge in [0.2, 0.25) is 0 Å². The van der Waals surface area contributed by atoms with Crippen molar-refractivity contribution in [2.45, 2.75) is 38.0 Å². The van der Waals surface area contributed by atoms with Crippen LogP contribution >= 0.6 is 0 Å². The first-order chi connectivity index (χ1) is 10.2. The van der Waals surface area contributed by atoms with Crippen LogP contribution in [-0.4, -0.2) is 38.9 Å². The smallest absolute Gasteiger partial charge is 0.322 e. The van der Waals surface area contributed by atoms with Gasteiger partial charge in [0.1, 0.15) is 11.8 Å². The van der Waals surface area contributed by atoms with E-state index in [1.54, 1.807) is 7.11 Å². The van der Waals surface area contributed by atoms with Crippen molar-refractivity contribution in [1.29, 1.82) is 0 Å². The van der Waals surface area contributed by atoms with E-state index in [9.17, 15) is 4.79 Å². The van der Waals surface area contributed by atoms with E-state index < -0.39 is 0 Å². The number of carbonyl (C=O) groups is 1. The first kappa shape index (κ1) is 15.8. The molecule has 1 N–H and O–H groups in total. The fourth-order valence-corrected chi connectivity index (χ4v) is 2.13. The molecule has 1 aromatic rings. The van der Waals surface area contributed by atoms with Gasteiger partial charge in [-0.3, -0.25) is 4.79 Å². The zero-order chi connectivity index (χ0) is 15.1. The molecule has 2 rings (SSSR count). The summed E-state index contributed by atoms with van der Waals surface area (Å²) in [6.07, 6.45) is 2.86. The SMILES string of the molecule is COCc1cccc(OCCC(NC2CC2)C(=O)OC)c1. The third-order valence-electron chi connectivity index (χ3n) is 3.38. The highest BCUT2D eigenvalue weighted by Crippen LogP contribution is 2.20. The normalized spacial score (nSPS) is 15.5. The monoisotopic (exact) mass is 293 g/mol. The minimum absolute atomic E-state index is 0.223. The number of hydrogen-bond donors (Lipinski definition) is 1. The van der Waals surface area contributed by atoms with Gasteiger partial charge in [0, 0.05) is 19.6 Å². The minimum atomic E-state index is -0.287. The topological polar surface area (TPSA) is 56.8 Å². The molecule has 1 unspecified atom stereocenters. The van der Waals surface area contributed by atoms with Crippen molar-refractivity contribution in [3.05, 3.63) is 29.8 Å². The van der Waals surface area contributed by atoms with Crippen LogP contribution in [0.2, 0.25) is 0 Å². The molecule has 5 heteroatoms. The van der Waals surface area contributed by atoms with Crippen LogP contribution in [0.1, 0.15) is 24.8 Å². The molecule has 1 aliphatic carbocycles. The third kappa shape index (κ3) is 5.36. The molecular formula is C16H23NO4. The van der Waals surface area contributed by atoms with Crippen LogP contribution in [0.4, 0.5) is 0 Å². The summed E-state index contributed by atoms with van der Waals surface area (Å²) >= 11 is 0. The number of methoxy groups -OCH3 is 2. The van der Waals surface area contributed by atoms with Crippen LogP contribution in [0.25, 0.3) is 0 Å². The summed E-state index contributed by atoms with van der Waals surface area (Å²) in [4.78, 5) is 11.7. The Morgan fingerprint density at radius 1 is 1.38 bits per heavy atom. The average Bonchev–Trinajstić information content (AvgIpc) is 3.30. The Morgan fingerprint density at radius 2 is 2.19 bits per heavy atom. The van der Waals surface area contributed by atoms with E-state index in [0.717, 1.165) is 24.2 Å². The minimum Gasteiger partial charge on any atom is -0.494 e. The molecule has 1 atom stereocenters. The highest BCUT2D eigenvalue weighted by atomic mass is 16.5. The van der Waals surface area contributed by atoms with Gasteiger partial charge < -0.3 is 19.5 Å². The summed E-state index contributed by atoms with van der Waals surface area (Å²) in [6.45, 7) is 1.03. The van der Waals surface area contributed by atoms with Gasteiger partial charge in [-0.1, -0.05) is 12.1 Å². The van der Waals surface area contributed by atoms with Crippen molar-refractivity contribution in [2.24, 2.45) is 0 Å². The number of hydrogen-bond acceptors (Lipinski definition) is 5. The van der Waals surface area contributed by atoms with Gasteiger partial charge in [-0.25, -0.2) is 0 Å². The first-order valence-electron chi connectivity index (χ1n) is 7.27. The number of ether oxygens (including phenoxy) is 3. The Kier molecular flexibility index (Phi) is 6.02. The predicted molar refractivity (Wildman–Crippen MR) is 79.2 cm³/mol. The van der Waals surface area contributed by atoms with E-state index in [-0.39, 0.29) is 12.0 Å². The van der Waals surface area contributed by atoms with E-state index in [1.165, 1.54) is 7.11 Å². The lowest BCUT2D eigenvalue weighted by atomic mass is 10.2. The largest absolute Gasteiger partial charge is 0.494 e. The number of benzene rings is 1. The molecule has 116 valence electrons. The zero-order valence-electron chi connectivity index (χ0n) is 12.6. The molecule has 0 radical (unpaired) electrons. The van der Waals surface area contributed by atoms with E-state index in [1.807, 2.05) is 24.3 Å². The number of carbonyl (C=O) groups excluding carboxylic acids is 1. The van der Waals surface area contributed by atoms with Crippen LogP contribution in [0, 0.1) is 0 Å². The second-order valence-electron chi connectivity index (χ2n) is 5.23. The molecule has 1 aliphatic rings.